The molecule has 138 valence electrons. The lowest BCUT2D eigenvalue weighted by Gasteiger charge is -2.16. The molecule has 0 aliphatic carbocycles. The van der Waals surface area contributed by atoms with Crippen molar-refractivity contribution in [2.45, 2.75) is 6.54 Å². The van der Waals surface area contributed by atoms with Crippen LogP contribution in [-0.4, -0.2) is 33.2 Å². The van der Waals surface area contributed by atoms with Crippen molar-refractivity contribution in [1.82, 2.24) is 5.32 Å². The average Bonchev–Trinajstić information content (AvgIpc) is 3.13. The van der Waals surface area contributed by atoms with Crippen LogP contribution >= 0.6 is 12.2 Å². The number of ether oxygens (including phenoxy) is 5. The maximum absolute atomic E-state index is 5.38. The SMILES string of the molecule is COc1cc(NC(=S)NCc2ccc3c(c2)OCO3)cc(OC)c1OC. The lowest BCUT2D eigenvalue weighted by Crippen LogP contribution is -2.27. The number of methoxy groups -OCH3 is 3. The van der Waals surface area contributed by atoms with E-state index in [-0.39, 0.29) is 6.79 Å². The Labute approximate surface area is 157 Å². The van der Waals surface area contributed by atoms with Gasteiger partial charge in [-0.3, -0.25) is 0 Å². The molecule has 0 atom stereocenters. The minimum Gasteiger partial charge on any atom is -0.493 e. The lowest BCUT2D eigenvalue weighted by molar-refractivity contribution is 0.174. The third-order valence-electron chi connectivity index (χ3n) is 3.81. The van der Waals surface area contributed by atoms with E-state index in [9.17, 15) is 0 Å². The molecule has 1 aliphatic heterocycles. The van der Waals surface area contributed by atoms with Gasteiger partial charge in [0.2, 0.25) is 12.5 Å². The Bertz CT molecular complexity index is 787. The first-order valence-electron chi connectivity index (χ1n) is 7.88. The van der Waals surface area contributed by atoms with E-state index in [1.54, 1.807) is 33.5 Å². The fourth-order valence-electron chi connectivity index (χ4n) is 2.56. The molecule has 0 amide bonds. The fraction of sp³-hybridized carbons (Fsp3) is 0.278. The van der Waals surface area contributed by atoms with Gasteiger partial charge in [-0.1, -0.05) is 6.07 Å². The number of fused-ring (bicyclic) bond motifs is 1. The number of rotatable bonds is 6. The van der Waals surface area contributed by atoms with Crippen LogP contribution in [0.15, 0.2) is 30.3 Å². The summed E-state index contributed by atoms with van der Waals surface area (Å²) >= 11 is 5.36. The molecule has 0 saturated heterocycles. The Morgan fingerprint density at radius 2 is 1.69 bits per heavy atom. The predicted molar refractivity (Wildman–Crippen MR) is 102 cm³/mol. The molecule has 26 heavy (non-hydrogen) atoms. The summed E-state index contributed by atoms with van der Waals surface area (Å²) in [7, 11) is 4.69. The molecule has 3 rings (SSSR count). The highest BCUT2D eigenvalue weighted by Crippen LogP contribution is 2.40. The average molecular weight is 376 g/mol. The smallest absolute Gasteiger partial charge is 0.231 e. The summed E-state index contributed by atoms with van der Waals surface area (Å²) in [5.41, 5.74) is 1.76. The topological polar surface area (TPSA) is 70.2 Å². The first-order chi connectivity index (χ1) is 12.6. The van der Waals surface area contributed by atoms with Crippen LogP contribution in [0.4, 0.5) is 5.69 Å². The molecule has 0 unspecified atom stereocenters. The van der Waals surface area contributed by atoms with Gasteiger partial charge in [0.15, 0.2) is 28.1 Å². The summed E-state index contributed by atoms with van der Waals surface area (Å²) in [6.07, 6.45) is 0. The Balaban J connectivity index is 1.64. The molecule has 0 spiro atoms. The molecule has 7 nitrogen and oxygen atoms in total. The number of hydrogen-bond acceptors (Lipinski definition) is 6. The van der Waals surface area contributed by atoms with Crippen LogP contribution in [0.5, 0.6) is 28.7 Å². The monoisotopic (exact) mass is 376 g/mol. The molecule has 0 saturated carbocycles. The molecule has 8 heteroatoms. The summed E-state index contributed by atoms with van der Waals surface area (Å²) in [5.74, 6) is 3.13. The van der Waals surface area contributed by atoms with Gasteiger partial charge in [-0.05, 0) is 29.9 Å². The fourth-order valence-corrected chi connectivity index (χ4v) is 2.75. The number of nitrogens with one attached hydrogen (secondary N) is 2. The summed E-state index contributed by atoms with van der Waals surface area (Å²) in [5, 5.41) is 6.74. The van der Waals surface area contributed by atoms with Gasteiger partial charge in [-0.25, -0.2) is 0 Å². The van der Waals surface area contributed by atoms with Crippen molar-refractivity contribution in [2.75, 3.05) is 33.4 Å². The van der Waals surface area contributed by atoms with Gasteiger partial charge in [-0.2, -0.15) is 0 Å². The summed E-state index contributed by atoms with van der Waals surface area (Å²) < 4.78 is 26.7. The first-order valence-corrected chi connectivity index (χ1v) is 8.28. The van der Waals surface area contributed by atoms with E-state index in [4.69, 9.17) is 35.9 Å². The maximum Gasteiger partial charge on any atom is 0.231 e. The number of anilines is 1. The minimum atomic E-state index is 0.257. The lowest BCUT2D eigenvalue weighted by atomic mass is 10.2. The molecule has 1 aliphatic rings. The molecule has 2 aromatic carbocycles. The second-order valence-corrected chi connectivity index (χ2v) is 5.82. The van der Waals surface area contributed by atoms with Crippen molar-refractivity contribution >= 4 is 23.0 Å². The van der Waals surface area contributed by atoms with E-state index in [1.807, 2.05) is 18.2 Å². The van der Waals surface area contributed by atoms with Crippen LogP contribution in [0, 0.1) is 0 Å². The van der Waals surface area contributed by atoms with Crippen LogP contribution < -0.4 is 34.3 Å². The van der Waals surface area contributed by atoms with Crippen LogP contribution in [0.2, 0.25) is 0 Å². The zero-order valence-corrected chi connectivity index (χ0v) is 15.6. The van der Waals surface area contributed by atoms with Crippen molar-refractivity contribution in [3.63, 3.8) is 0 Å². The largest absolute Gasteiger partial charge is 0.493 e. The van der Waals surface area contributed by atoms with Crippen molar-refractivity contribution in [3.8, 4) is 28.7 Å². The highest BCUT2D eigenvalue weighted by molar-refractivity contribution is 7.80. The van der Waals surface area contributed by atoms with E-state index in [1.165, 1.54) is 0 Å². The van der Waals surface area contributed by atoms with Crippen molar-refractivity contribution in [2.24, 2.45) is 0 Å². The Hall–Kier alpha value is -2.87. The number of hydrogen-bond donors (Lipinski definition) is 2. The first kappa shape index (κ1) is 17.9. The van der Waals surface area contributed by atoms with Crippen molar-refractivity contribution in [3.05, 3.63) is 35.9 Å². The van der Waals surface area contributed by atoms with Crippen molar-refractivity contribution < 1.29 is 23.7 Å². The van der Waals surface area contributed by atoms with Crippen LogP contribution in [0.25, 0.3) is 0 Å². The second kappa shape index (κ2) is 8.01. The molecule has 0 radical (unpaired) electrons. The molecular weight excluding hydrogens is 356 g/mol. The van der Waals surface area contributed by atoms with E-state index >= 15 is 0 Å². The Kier molecular flexibility index (Phi) is 5.52. The molecule has 1 heterocycles. The Morgan fingerprint density at radius 3 is 2.35 bits per heavy atom. The number of benzene rings is 2. The molecule has 0 aromatic heterocycles. The molecule has 0 fully saturated rings. The van der Waals surface area contributed by atoms with Crippen LogP contribution in [0.1, 0.15) is 5.56 Å². The van der Waals surface area contributed by atoms with Crippen LogP contribution in [0.3, 0.4) is 0 Å². The predicted octanol–water partition coefficient (Wildman–Crippen LogP) is 2.93. The van der Waals surface area contributed by atoms with E-state index < -0.39 is 0 Å². The summed E-state index contributed by atoms with van der Waals surface area (Å²) in [4.78, 5) is 0. The molecular formula is C18H20N2O5S. The third-order valence-corrected chi connectivity index (χ3v) is 4.06. The highest BCUT2D eigenvalue weighted by Gasteiger charge is 2.15. The van der Waals surface area contributed by atoms with Gasteiger partial charge in [0.25, 0.3) is 0 Å². The minimum absolute atomic E-state index is 0.257. The van der Waals surface area contributed by atoms with E-state index in [0.29, 0.717) is 28.9 Å². The zero-order chi connectivity index (χ0) is 18.5. The summed E-state index contributed by atoms with van der Waals surface area (Å²) in [6.45, 7) is 0.806. The van der Waals surface area contributed by atoms with Crippen LogP contribution in [-0.2, 0) is 6.54 Å². The van der Waals surface area contributed by atoms with Gasteiger partial charge in [-0.15, -0.1) is 0 Å². The molecule has 2 N–H and O–H groups in total. The molecule has 0 bridgehead atoms. The maximum atomic E-state index is 5.38. The molecule has 2 aromatic rings. The van der Waals surface area contributed by atoms with Crippen molar-refractivity contribution in [1.29, 1.82) is 0 Å². The van der Waals surface area contributed by atoms with E-state index in [2.05, 4.69) is 10.6 Å². The third kappa shape index (κ3) is 3.85. The van der Waals surface area contributed by atoms with E-state index in [0.717, 1.165) is 22.7 Å². The normalized spacial score (nSPS) is 11.7. The standard InChI is InChI=1S/C18H20N2O5S/c1-21-15-7-12(8-16(22-2)17(15)23-3)20-18(26)19-9-11-4-5-13-14(6-11)25-10-24-13/h4-8H,9-10H2,1-3H3,(H2,19,20,26). The quantitative estimate of drug-likeness (QED) is 0.746. The van der Waals surface area contributed by atoms with Gasteiger partial charge >= 0.3 is 0 Å². The van der Waals surface area contributed by atoms with Gasteiger partial charge in [0.05, 0.1) is 21.3 Å². The second-order valence-electron chi connectivity index (χ2n) is 5.41. The highest BCUT2D eigenvalue weighted by atomic mass is 32.1. The van der Waals surface area contributed by atoms with Gasteiger partial charge in [0, 0.05) is 24.4 Å². The van der Waals surface area contributed by atoms with Gasteiger partial charge in [0.1, 0.15) is 0 Å². The Morgan fingerprint density at radius 1 is 1.00 bits per heavy atom. The van der Waals surface area contributed by atoms with Gasteiger partial charge < -0.3 is 34.3 Å². The number of thiocarbonyl (C=S) groups is 1. The zero-order valence-electron chi connectivity index (χ0n) is 14.8. The summed E-state index contributed by atoms with van der Waals surface area (Å²) in [6, 6.07) is 9.35.